The van der Waals surface area contributed by atoms with Gasteiger partial charge in [0.05, 0.1) is 112 Å². The summed E-state index contributed by atoms with van der Waals surface area (Å²) in [4.78, 5) is 24.6. The molecule has 2 aliphatic heterocycles. The van der Waals surface area contributed by atoms with Gasteiger partial charge >= 0.3 is 0 Å². The van der Waals surface area contributed by atoms with E-state index in [1.807, 2.05) is 64.3 Å². The fourth-order valence-corrected chi connectivity index (χ4v) is 12.7. The number of morpholine rings is 2. The number of aromatic nitrogens is 15. The Kier molecular flexibility index (Phi) is 18.7. The zero-order chi connectivity index (χ0) is 59.2. The Morgan fingerprint density at radius 3 is 1.80 bits per heavy atom. The lowest BCUT2D eigenvalue weighted by atomic mass is 9.90. The van der Waals surface area contributed by atoms with Gasteiger partial charge in [0.1, 0.15) is 11.6 Å². The van der Waals surface area contributed by atoms with Crippen molar-refractivity contribution in [1.82, 2.24) is 83.2 Å². The van der Waals surface area contributed by atoms with Gasteiger partial charge in [-0.15, -0.1) is 0 Å². The number of nitrogens with zero attached hydrogens (tertiary/aromatic N) is 17. The van der Waals surface area contributed by atoms with Crippen molar-refractivity contribution in [2.45, 2.75) is 105 Å². The van der Waals surface area contributed by atoms with E-state index in [-0.39, 0.29) is 7.43 Å². The van der Waals surface area contributed by atoms with Crippen LogP contribution in [0, 0.1) is 0 Å². The average Bonchev–Trinajstić information content (AvgIpc) is 1.90. The molecular weight excluding hydrogens is 1100 g/mol. The number of ether oxygens (including phenoxy) is 3. The van der Waals surface area contributed by atoms with Gasteiger partial charge in [0.2, 0.25) is 0 Å². The average molecular weight is 1190 g/mol. The maximum absolute atomic E-state index is 5.68. The molecule has 1 atom stereocenters. The summed E-state index contributed by atoms with van der Waals surface area (Å²) in [6, 6.07) is 21.7. The van der Waals surface area contributed by atoms with Gasteiger partial charge < -0.3 is 18.8 Å². The molecule has 0 radical (unpaired) electrons. The summed E-state index contributed by atoms with van der Waals surface area (Å²) in [5, 5.41) is 23.6. The largest absolute Gasteiger partial charge is 0.383 e. The first-order chi connectivity index (χ1) is 42.6. The van der Waals surface area contributed by atoms with Crippen molar-refractivity contribution in [3.8, 4) is 44.8 Å². The zero-order valence-electron chi connectivity index (χ0n) is 50.9. The summed E-state index contributed by atoms with van der Waals surface area (Å²) in [6.45, 7) is 16.6. The minimum atomic E-state index is 0. The SMILES string of the molecule is C.CCn1ccc(Cc2ncc3c(n2)-c2c(cn(C)c2Cc2cccc(-c4cnn(CCN5CCOCC5)c4)c2)CC3)n1.COCCn1ccc(Cc2ncc3c(n2)-c2c(nn(C)c2Cc2cccc(-c4cnn(CCN5CCO[C@@H](C)C5)c4)c2)CC3)n1. The molecule has 20 heteroatoms. The highest BCUT2D eigenvalue weighted by atomic mass is 16.5. The van der Waals surface area contributed by atoms with Gasteiger partial charge in [-0.1, -0.05) is 56.0 Å². The molecule has 0 amide bonds. The van der Waals surface area contributed by atoms with E-state index in [0.717, 1.165) is 181 Å². The maximum Gasteiger partial charge on any atom is 0.134 e. The zero-order valence-corrected chi connectivity index (χ0v) is 50.9. The van der Waals surface area contributed by atoms with Gasteiger partial charge in [-0.3, -0.25) is 33.2 Å². The number of aryl methyl sites for hydroxylation is 7. The smallest absolute Gasteiger partial charge is 0.134 e. The summed E-state index contributed by atoms with van der Waals surface area (Å²) in [7, 11) is 5.91. The number of hydrogen-bond acceptors (Lipinski definition) is 14. The highest BCUT2D eigenvalue weighted by Gasteiger charge is 2.28. The minimum absolute atomic E-state index is 0. The maximum atomic E-state index is 5.68. The quantitative estimate of drug-likeness (QED) is 0.0710. The standard InChI is InChI=1S/C34H41N9O2.C33H38N8O.CH4/c1-24-22-41(13-16-45-24)11-12-43-23-28(21-36-43)26-6-4-5-25(17-26)18-31-33-30(39-40(31)2)8-7-27-20-35-32(37-34(27)33)19-29-9-10-42(38-29)14-15-44-3;1-3-40-10-9-29(37-40)19-31-34-20-26-7-8-27-22-38(2)30(32(27)33(26)36-31)18-24-5-4-6-25(17-24)28-21-35-41(23-28)12-11-39-13-15-42-16-14-39;/h4-6,9-10,17,20-21,23-24H,7-8,11-16,18-19,22H2,1-3H3;4-6,9-10,17,20-23H,3,7-8,11-16,18-19H2,1-2H3;1H4/t24-;;/m0../s1. The lowest BCUT2D eigenvalue weighted by Gasteiger charge is -2.30. The molecule has 2 fully saturated rings. The second kappa shape index (κ2) is 27.4. The topological polar surface area (TPSA) is 180 Å². The van der Waals surface area contributed by atoms with E-state index >= 15 is 0 Å². The van der Waals surface area contributed by atoms with Crippen LogP contribution in [-0.2, 0) is 106 Å². The second-order valence-corrected chi connectivity index (χ2v) is 23.6. The Balaban J connectivity index is 0.000000170. The van der Waals surface area contributed by atoms with Gasteiger partial charge in [0.25, 0.3) is 0 Å². The van der Waals surface area contributed by atoms with E-state index in [1.54, 1.807) is 7.11 Å². The Morgan fingerprint density at radius 1 is 0.568 bits per heavy atom. The third-order valence-corrected chi connectivity index (χ3v) is 17.4. The van der Waals surface area contributed by atoms with Crippen molar-refractivity contribution in [3.63, 3.8) is 0 Å². The van der Waals surface area contributed by atoms with E-state index in [4.69, 9.17) is 39.2 Å². The third-order valence-electron chi connectivity index (χ3n) is 17.4. The van der Waals surface area contributed by atoms with E-state index in [2.05, 4.69) is 138 Å². The first-order valence-electron chi connectivity index (χ1n) is 31.0. The summed E-state index contributed by atoms with van der Waals surface area (Å²) >= 11 is 0. The van der Waals surface area contributed by atoms with Crippen LogP contribution in [0.4, 0.5) is 0 Å². The number of benzene rings is 2. The Hall–Kier alpha value is -8.27. The number of fused-ring (bicyclic) bond motifs is 6. The van der Waals surface area contributed by atoms with Gasteiger partial charge in [-0.25, -0.2) is 19.9 Å². The minimum Gasteiger partial charge on any atom is -0.383 e. The molecule has 4 aliphatic rings. The molecule has 14 rings (SSSR count). The van der Waals surface area contributed by atoms with Crippen LogP contribution in [-0.4, -0.2) is 162 Å². The van der Waals surface area contributed by atoms with Crippen LogP contribution in [0.15, 0.2) is 116 Å². The molecule has 0 bridgehead atoms. The molecule has 2 aliphatic carbocycles. The van der Waals surface area contributed by atoms with Crippen LogP contribution in [0.2, 0.25) is 0 Å². The molecule has 10 heterocycles. The molecule has 8 aromatic heterocycles. The number of methoxy groups -OCH3 is 1. The van der Waals surface area contributed by atoms with Crippen LogP contribution in [0.25, 0.3) is 44.8 Å². The van der Waals surface area contributed by atoms with Crippen LogP contribution >= 0.6 is 0 Å². The van der Waals surface area contributed by atoms with Crippen molar-refractivity contribution in [2.24, 2.45) is 14.1 Å². The molecule has 10 aromatic rings. The second-order valence-electron chi connectivity index (χ2n) is 23.6. The molecule has 20 nitrogen and oxygen atoms in total. The predicted molar refractivity (Wildman–Crippen MR) is 340 cm³/mol. The number of hydrogen-bond donors (Lipinski definition) is 0. The Morgan fingerprint density at radius 2 is 1.16 bits per heavy atom. The van der Waals surface area contributed by atoms with Crippen molar-refractivity contribution < 1.29 is 14.2 Å². The monoisotopic (exact) mass is 1190 g/mol. The Labute approximate surface area is 516 Å². The summed E-state index contributed by atoms with van der Waals surface area (Å²) < 4.78 is 28.6. The summed E-state index contributed by atoms with van der Waals surface area (Å²) in [5.74, 6) is 1.60. The lowest BCUT2D eigenvalue weighted by molar-refractivity contribution is -0.0193. The van der Waals surface area contributed by atoms with Crippen molar-refractivity contribution in [3.05, 3.63) is 184 Å². The highest BCUT2D eigenvalue weighted by Crippen LogP contribution is 2.38. The summed E-state index contributed by atoms with van der Waals surface area (Å²) in [6.07, 6.45) is 25.5. The molecule has 2 saturated heterocycles. The molecule has 2 aromatic carbocycles. The Bertz CT molecular complexity index is 3970. The van der Waals surface area contributed by atoms with Crippen LogP contribution in [0.5, 0.6) is 0 Å². The van der Waals surface area contributed by atoms with Gasteiger partial charge in [0.15, 0.2) is 0 Å². The van der Waals surface area contributed by atoms with Gasteiger partial charge in [0, 0.05) is 151 Å². The molecular formula is C68H83N17O3. The van der Waals surface area contributed by atoms with E-state index in [1.165, 1.54) is 55.9 Å². The van der Waals surface area contributed by atoms with Crippen molar-refractivity contribution >= 4 is 0 Å². The first kappa shape index (κ1) is 60.0. The molecule has 0 unspecified atom stereocenters. The fourth-order valence-electron chi connectivity index (χ4n) is 12.7. The van der Waals surface area contributed by atoms with Gasteiger partial charge in [-0.05, 0) is 90.6 Å². The molecule has 0 spiro atoms. The van der Waals surface area contributed by atoms with E-state index in [9.17, 15) is 0 Å². The molecule has 88 heavy (non-hydrogen) atoms. The first-order valence-corrected chi connectivity index (χ1v) is 31.0. The van der Waals surface area contributed by atoms with E-state index < -0.39 is 0 Å². The van der Waals surface area contributed by atoms with Crippen LogP contribution < -0.4 is 0 Å². The van der Waals surface area contributed by atoms with Crippen molar-refractivity contribution in [1.29, 1.82) is 0 Å². The van der Waals surface area contributed by atoms with Crippen LogP contribution in [0.1, 0.15) is 89.2 Å². The number of rotatable bonds is 20. The highest BCUT2D eigenvalue weighted by molar-refractivity contribution is 5.74. The van der Waals surface area contributed by atoms with Crippen molar-refractivity contribution in [2.75, 3.05) is 72.8 Å². The van der Waals surface area contributed by atoms with Gasteiger partial charge in [-0.2, -0.15) is 25.5 Å². The molecule has 0 saturated carbocycles. The molecule has 0 N–H and O–H groups in total. The molecule has 458 valence electrons. The summed E-state index contributed by atoms with van der Waals surface area (Å²) in [5.41, 5.74) is 21.0. The lowest BCUT2D eigenvalue weighted by Crippen LogP contribution is -2.42. The fraction of sp³-hybridized carbons (Fsp3) is 0.426. The van der Waals surface area contributed by atoms with Crippen LogP contribution in [0.3, 0.4) is 0 Å². The third kappa shape index (κ3) is 13.9. The normalized spacial score (nSPS) is 15.7. The predicted octanol–water partition coefficient (Wildman–Crippen LogP) is 8.39. The van der Waals surface area contributed by atoms with E-state index in [0.29, 0.717) is 25.6 Å².